The third-order valence-corrected chi connectivity index (χ3v) is 2.37. The molecule has 100 valence electrons. The Bertz CT molecular complexity index is 407. The fourth-order valence-corrected chi connectivity index (χ4v) is 1.56. The van der Waals surface area contributed by atoms with E-state index in [4.69, 9.17) is 10.5 Å². The van der Waals surface area contributed by atoms with Crippen molar-refractivity contribution in [3.63, 3.8) is 0 Å². The summed E-state index contributed by atoms with van der Waals surface area (Å²) in [6, 6.07) is 4.60. The Morgan fingerprint density at radius 3 is 2.83 bits per heavy atom. The second kappa shape index (κ2) is 6.96. The van der Waals surface area contributed by atoms with Crippen LogP contribution in [0.25, 0.3) is 0 Å². The van der Waals surface area contributed by atoms with Gasteiger partial charge in [-0.05, 0) is 25.0 Å². The lowest BCUT2D eigenvalue weighted by atomic mass is 10.1. The molecule has 0 radical (unpaired) electrons. The molecule has 0 saturated heterocycles. The summed E-state index contributed by atoms with van der Waals surface area (Å²) in [6.07, 6.45) is 0.605. The van der Waals surface area contributed by atoms with Gasteiger partial charge < -0.3 is 15.2 Å². The average Bonchev–Trinajstić information content (AvgIpc) is 2.31. The summed E-state index contributed by atoms with van der Waals surface area (Å²) < 4.78 is 23.4. The van der Waals surface area contributed by atoms with Crippen molar-refractivity contribution in [2.45, 2.75) is 25.8 Å². The van der Waals surface area contributed by atoms with Gasteiger partial charge >= 0.3 is 5.97 Å². The monoisotopic (exact) mass is 255 g/mol. The van der Waals surface area contributed by atoms with Crippen LogP contribution in [0.1, 0.15) is 18.9 Å². The van der Waals surface area contributed by atoms with Gasteiger partial charge in [-0.2, -0.15) is 0 Å². The number of nitrogens with two attached hydrogens (primary N) is 1. The first-order valence-corrected chi connectivity index (χ1v) is 5.77. The van der Waals surface area contributed by atoms with Crippen LogP contribution >= 0.6 is 0 Å². The number of hydrogen-bond donors (Lipinski definition) is 1. The molecule has 0 bridgehead atoms. The summed E-state index contributed by atoms with van der Waals surface area (Å²) in [5.41, 5.74) is 6.39. The second-order valence-corrected chi connectivity index (χ2v) is 4.08. The molecule has 18 heavy (non-hydrogen) atoms. The second-order valence-electron chi connectivity index (χ2n) is 4.08. The predicted octanol–water partition coefficient (Wildman–Crippen LogP) is 1.66. The van der Waals surface area contributed by atoms with Crippen LogP contribution < -0.4 is 10.5 Å². The zero-order valence-electron chi connectivity index (χ0n) is 10.6. The number of carbonyl (C=O) groups excluding carboxylic acids is 1. The van der Waals surface area contributed by atoms with E-state index < -0.39 is 5.82 Å². The van der Waals surface area contributed by atoms with E-state index in [0.29, 0.717) is 12.0 Å². The molecule has 0 aliphatic rings. The molecule has 0 aliphatic heterocycles. The van der Waals surface area contributed by atoms with Gasteiger partial charge in [-0.15, -0.1) is 0 Å². The van der Waals surface area contributed by atoms with Gasteiger partial charge in [0.25, 0.3) is 0 Å². The Balaban J connectivity index is 2.70. The molecule has 0 saturated carbocycles. The molecule has 1 aromatic carbocycles. The number of rotatable bonds is 6. The van der Waals surface area contributed by atoms with Gasteiger partial charge in [0.15, 0.2) is 11.6 Å². The maximum atomic E-state index is 13.6. The van der Waals surface area contributed by atoms with Gasteiger partial charge in [-0.3, -0.25) is 4.79 Å². The van der Waals surface area contributed by atoms with E-state index in [9.17, 15) is 9.18 Å². The molecular weight excluding hydrogens is 237 g/mol. The topological polar surface area (TPSA) is 61.5 Å². The highest BCUT2D eigenvalue weighted by Crippen LogP contribution is 2.23. The van der Waals surface area contributed by atoms with Crippen molar-refractivity contribution in [3.8, 4) is 5.75 Å². The standard InChI is InChI=1S/C13H18FNO3/c1-9(15)8-10-4-3-5-11(14)13(10)18-7-6-12(16)17-2/h3-5,9H,6-8,15H2,1-2H3. The normalized spacial score (nSPS) is 12.0. The first kappa shape index (κ1) is 14.4. The van der Waals surface area contributed by atoms with E-state index in [1.165, 1.54) is 13.2 Å². The Kier molecular flexibility index (Phi) is 5.58. The van der Waals surface area contributed by atoms with Gasteiger partial charge in [0.2, 0.25) is 0 Å². The van der Waals surface area contributed by atoms with Crippen LogP contribution in [0.2, 0.25) is 0 Å². The van der Waals surface area contributed by atoms with Crippen molar-refractivity contribution in [1.29, 1.82) is 0 Å². The average molecular weight is 255 g/mol. The Labute approximate surface area is 106 Å². The first-order valence-electron chi connectivity index (χ1n) is 5.77. The van der Waals surface area contributed by atoms with Crippen molar-refractivity contribution in [2.24, 2.45) is 5.73 Å². The van der Waals surface area contributed by atoms with Crippen LogP contribution in [-0.2, 0) is 16.0 Å². The summed E-state index contributed by atoms with van der Waals surface area (Å²) in [5.74, 6) is -0.670. The van der Waals surface area contributed by atoms with Crippen LogP contribution in [0.15, 0.2) is 18.2 Å². The quantitative estimate of drug-likeness (QED) is 0.785. The third kappa shape index (κ3) is 4.33. The van der Waals surface area contributed by atoms with Crippen molar-refractivity contribution in [1.82, 2.24) is 0 Å². The highest BCUT2D eigenvalue weighted by Gasteiger charge is 2.12. The summed E-state index contributed by atoms with van der Waals surface area (Å²) in [7, 11) is 1.30. The van der Waals surface area contributed by atoms with Crippen LogP contribution in [-0.4, -0.2) is 25.7 Å². The maximum absolute atomic E-state index is 13.6. The van der Waals surface area contributed by atoms with Crippen molar-refractivity contribution in [3.05, 3.63) is 29.6 Å². The lowest BCUT2D eigenvalue weighted by Gasteiger charge is -2.13. The molecule has 0 fully saturated rings. The van der Waals surface area contributed by atoms with E-state index in [2.05, 4.69) is 4.74 Å². The maximum Gasteiger partial charge on any atom is 0.308 e. The van der Waals surface area contributed by atoms with Crippen LogP contribution in [0.5, 0.6) is 5.75 Å². The molecule has 1 unspecified atom stereocenters. The molecule has 0 amide bonds. The smallest absolute Gasteiger partial charge is 0.308 e. The molecule has 0 heterocycles. The molecule has 4 nitrogen and oxygen atoms in total. The van der Waals surface area contributed by atoms with Gasteiger partial charge in [-0.25, -0.2) is 4.39 Å². The molecule has 0 spiro atoms. The fourth-order valence-electron chi connectivity index (χ4n) is 1.56. The summed E-state index contributed by atoms with van der Waals surface area (Å²) in [5, 5.41) is 0. The molecule has 0 aliphatic carbocycles. The highest BCUT2D eigenvalue weighted by atomic mass is 19.1. The SMILES string of the molecule is COC(=O)CCOc1c(F)cccc1CC(C)N. The van der Waals surface area contributed by atoms with Crippen molar-refractivity contribution >= 4 is 5.97 Å². The molecule has 5 heteroatoms. The number of carbonyl (C=O) groups is 1. The zero-order valence-corrected chi connectivity index (χ0v) is 10.6. The number of hydrogen-bond acceptors (Lipinski definition) is 4. The first-order chi connectivity index (χ1) is 8.54. The number of methoxy groups -OCH3 is 1. The largest absolute Gasteiger partial charge is 0.490 e. The minimum atomic E-state index is -0.446. The van der Waals surface area contributed by atoms with E-state index in [0.717, 1.165) is 0 Å². The Hall–Kier alpha value is -1.62. The highest BCUT2D eigenvalue weighted by molar-refractivity contribution is 5.69. The lowest BCUT2D eigenvalue weighted by molar-refractivity contribution is -0.141. The van der Waals surface area contributed by atoms with E-state index in [-0.39, 0.29) is 30.8 Å². The van der Waals surface area contributed by atoms with E-state index in [1.807, 2.05) is 6.92 Å². The van der Waals surface area contributed by atoms with Gasteiger partial charge in [0, 0.05) is 6.04 Å². The lowest BCUT2D eigenvalue weighted by Crippen LogP contribution is -2.19. The minimum absolute atomic E-state index is 0.0829. The number of benzene rings is 1. The summed E-state index contributed by atoms with van der Waals surface area (Å²) in [6.45, 7) is 1.92. The number of halogens is 1. The van der Waals surface area contributed by atoms with E-state index >= 15 is 0 Å². The third-order valence-electron chi connectivity index (χ3n) is 2.37. The number of esters is 1. The minimum Gasteiger partial charge on any atom is -0.490 e. The van der Waals surface area contributed by atoms with Crippen molar-refractivity contribution < 1.29 is 18.7 Å². The Morgan fingerprint density at radius 2 is 2.22 bits per heavy atom. The van der Waals surface area contributed by atoms with Crippen LogP contribution in [0.3, 0.4) is 0 Å². The molecule has 1 atom stereocenters. The molecule has 2 N–H and O–H groups in total. The van der Waals surface area contributed by atoms with Crippen LogP contribution in [0.4, 0.5) is 4.39 Å². The molecule has 1 rings (SSSR count). The van der Waals surface area contributed by atoms with Gasteiger partial charge in [0.05, 0.1) is 20.1 Å². The molecule has 0 aromatic heterocycles. The molecule has 1 aromatic rings. The molecular formula is C13H18FNO3. The van der Waals surface area contributed by atoms with Crippen molar-refractivity contribution in [2.75, 3.05) is 13.7 Å². The summed E-state index contributed by atoms with van der Waals surface area (Å²) in [4.78, 5) is 10.9. The number of para-hydroxylation sites is 1. The number of ether oxygens (including phenoxy) is 2. The van der Waals surface area contributed by atoms with Gasteiger partial charge in [-0.1, -0.05) is 12.1 Å². The van der Waals surface area contributed by atoms with Gasteiger partial charge in [0.1, 0.15) is 0 Å². The Morgan fingerprint density at radius 1 is 1.50 bits per heavy atom. The summed E-state index contributed by atoms with van der Waals surface area (Å²) >= 11 is 0. The van der Waals surface area contributed by atoms with E-state index in [1.54, 1.807) is 12.1 Å². The predicted molar refractivity (Wildman–Crippen MR) is 65.9 cm³/mol. The van der Waals surface area contributed by atoms with Crippen LogP contribution in [0, 0.1) is 5.82 Å². The fraction of sp³-hybridized carbons (Fsp3) is 0.462. The zero-order chi connectivity index (χ0) is 13.5.